The van der Waals surface area contributed by atoms with E-state index >= 15 is 0 Å². The number of hydrogen-bond acceptors (Lipinski definition) is 3. The molecule has 2 atom stereocenters. The van der Waals surface area contributed by atoms with Crippen LogP contribution in [0.3, 0.4) is 0 Å². The van der Waals surface area contributed by atoms with E-state index in [0.29, 0.717) is 6.54 Å². The molecule has 4 N–H and O–H groups in total. The van der Waals surface area contributed by atoms with Crippen LogP contribution in [0.15, 0.2) is 24.3 Å². The minimum absolute atomic E-state index is 0.115. The first-order valence-electron chi connectivity index (χ1n) is 6.79. The number of rotatable bonds is 4. The van der Waals surface area contributed by atoms with E-state index in [0.717, 1.165) is 24.3 Å². The summed E-state index contributed by atoms with van der Waals surface area (Å²) in [6.07, 6.45) is 2.90. The number of benzene rings is 1. The van der Waals surface area contributed by atoms with E-state index in [9.17, 15) is 5.11 Å². The number of halogens is 1. The predicted molar refractivity (Wildman–Crippen MR) is 78.8 cm³/mol. The van der Waals surface area contributed by atoms with Gasteiger partial charge < -0.3 is 5.11 Å². The van der Waals surface area contributed by atoms with Crippen molar-refractivity contribution < 1.29 is 5.11 Å². The van der Waals surface area contributed by atoms with Crippen LogP contribution in [0.25, 0.3) is 0 Å². The third-order valence-electron chi connectivity index (χ3n) is 4.73. The zero-order valence-corrected chi connectivity index (χ0v) is 12.4. The fourth-order valence-electron chi connectivity index (χ4n) is 3.26. The van der Waals surface area contributed by atoms with E-state index in [1.54, 1.807) is 0 Å². The van der Waals surface area contributed by atoms with Crippen molar-refractivity contribution in [2.75, 3.05) is 6.54 Å². The minimum Gasteiger partial charge on any atom is -0.388 e. The molecule has 0 amide bonds. The zero-order valence-electron chi connectivity index (χ0n) is 11.6. The molecule has 1 aromatic carbocycles. The Bertz CT molecular complexity index is 432. The van der Waals surface area contributed by atoms with Crippen molar-refractivity contribution in [3.8, 4) is 0 Å². The molecule has 0 heterocycles. The molecular weight excluding hydrogens is 260 g/mol. The molecule has 106 valence electrons. The fraction of sp³-hybridized carbons (Fsp3) is 0.600. The van der Waals surface area contributed by atoms with Gasteiger partial charge in [0, 0.05) is 11.6 Å². The molecule has 0 radical (unpaired) electrons. The number of nitrogens with two attached hydrogens (primary N) is 1. The van der Waals surface area contributed by atoms with Gasteiger partial charge in [-0.05, 0) is 48.3 Å². The highest BCUT2D eigenvalue weighted by molar-refractivity contribution is 6.30. The van der Waals surface area contributed by atoms with Crippen LogP contribution in [0.5, 0.6) is 0 Å². The van der Waals surface area contributed by atoms with E-state index < -0.39 is 5.60 Å². The van der Waals surface area contributed by atoms with Crippen molar-refractivity contribution in [3.05, 3.63) is 34.9 Å². The average Bonchev–Trinajstić information content (AvgIpc) is 2.56. The first kappa shape index (κ1) is 14.8. The first-order chi connectivity index (χ1) is 8.89. The summed E-state index contributed by atoms with van der Waals surface area (Å²) < 4.78 is 0. The molecule has 1 aromatic rings. The summed E-state index contributed by atoms with van der Waals surface area (Å²) in [6, 6.07) is 7.86. The van der Waals surface area contributed by atoms with Crippen LogP contribution in [0, 0.1) is 11.3 Å². The van der Waals surface area contributed by atoms with Gasteiger partial charge in [-0.2, -0.15) is 0 Å². The summed E-state index contributed by atoms with van der Waals surface area (Å²) in [6.45, 7) is 4.66. The van der Waals surface area contributed by atoms with Gasteiger partial charge >= 0.3 is 0 Å². The topological polar surface area (TPSA) is 58.3 Å². The van der Waals surface area contributed by atoms with E-state index in [4.69, 9.17) is 17.4 Å². The molecule has 0 bridgehead atoms. The second-order valence-electron chi connectivity index (χ2n) is 6.26. The molecule has 4 heteroatoms. The Morgan fingerprint density at radius 1 is 1.37 bits per heavy atom. The number of hydrazine groups is 1. The SMILES string of the molecule is CC1(C)CCC(Cc2ccc(Cl)cc2)C1(O)CNN. The van der Waals surface area contributed by atoms with Crippen LogP contribution in [-0.4, -0.2) is 17.3 Å². The maximum absolute atomic E-state index is 11.0. The second kappa shape index (κ2) is 5.41. The fourth-order valence-corrected chi connectivity index (χ4v) is 3.38. The van der Waals surface area contributed by atoms with E-state index in [-0.39, 0.29) is 11.3 Å². The molecule has 0 aliphatic heterocycles. The first-order valence-corrected chi connectivity index (χ1v) is 7.17. The highest BCUT2D eigenvalue weighted by atomic mass is 35.5. The van der Waals surface area contributed by atoms with Crippen LogP contribution >= 0.6 is 11.6 Å². The molecule has 1 aliphatic rings. The third-order valence-corrected chi connectivity index (χ3v) is 4.98. The van der Waals surface area contributed by atoms with Crippen molar-refractivity contribution in [1.29, 1.82) is 0 Å². The Labute approximate surface area is 120 Å². The van der Waals surface area contributed by atoms with Crippen LogP contribution < -0.4 is 11.3 Å². The molecule has 1 fully saturated rings. The van der Waals surface area contributed by atoms with Crippen molar-refractivity contribution >= 4 is 11.6 Å². The zero-order chi connectivity index (χ0) is 14.1. The quantitative estimate of drug-likeness (QED) is 0.587. The van der Waals surface area contributed by atoms with Gasteiger partial charge in [0.25, 0.3) is 0 Å². The Hall–Kier alpha value is -0.610. The summed E-state index contributed by atoms with van der Waals surface area (Å²) in [5.41, 5.74) is 2.99. The average molecular weight is 283 g/mol. The van der Waals surface area contributed by atoms with Crippen LogP contribution in [0.4, 0.5) is 0 Å². The highest BCUT2D eigenvalue weighted by Crippen LogP contribution is 2.50. The molecule has 1 aliphatic carbocycles. The van der Waals surface area contributed by atoms with Gasteiger partial charge in [-0.15, -0.1) is 0 Å². The largest absolute Gasteiger partial charge is 0.388 e. The normalized spacial score (nSPS) is 29.6. The van der Waals surface area contributed by atoms with Crippen LogP contribution in [0.2, 0.25) is 5.02 Å². The molecule has 0 spiro atoms. The summed E-state index contributed by atoms with van der Waals surface area (Å²) in [5.74, 6) is 5.68. The van der Waals surface area contributed by atoms with Gasteiger partial charge in [0.05, 0.1) is 5.60 Å². The summed E-state index contributed by atoms with van der Waals surface area (Å²) in [5, 5.41) is 11.8. The lowest BCUT2D eigenvalue weighted by atomic mass is 9.72. The Morgan fingerprint density at radius 2 is 2.00 bits per heavy atom. The monoisotopic (exact) mass is 282 g/mol. The van der Waals surface area contributed by atoms with E-state index in [1.165, 1.54) is 5.56 Å². The molecule has 1 saturated carbocycles. The highest BCUT2D eigenvalue weighted by Gasteiger charge is 2.53. The second-order valence-corrected chi connectivity index (χ2v) is 6.69. The summed E-state index contributed by atoms with van der Waals surface area (Å²) in [7, 11) is 0. The Morgan fingerprint density at radius 3 is 2.58 bits per heavy atom. The lowest BCUT2D eigenvalue weighted by molar-refractivity contribution is -0.0734. The van der Waals surface area contributed by atoms with Gasteiger partial charge in [-0.25, -0.2) is 0 Å². The van der Waals surface area contributed by atoms with Crippen molar-refractivity contribution in [3.63, 3.8) is 0 Å². The number of aliphatic hydroxyl groups is 1. The minimum atomic E-state index is -0.763. The molecule has 0 saturated heterocycles. The molecule has 3 nitrogen and oxygen atoms in total. The van der Waals surface area contributed by atoms with Gasteiger partial charge in [0.2, 0.25) is 0 Å². The van der Waals surface area contributed by atoms with Gasteiger partial charge in [0.15, 0.2) is 0 Å². The summed E-state index contributed by atoms with van der Waals surface area (Å²) in [4.78, 5) is 0. The summed E-state index contributed by atoms with van der Waals surface area (Å²) >= 11 is 5.90. The third kappa shape index (κ3) is 2.79. The van der Waals surface area contributed by atoms with Crippen molar-refractivity contribution in [2.45, 2.75) is 38.7 Å². The van der Waals surface area contributed by atoms with E-state index in [2.05, 4.69) is 19.3 Å². The predicted octanol–water partition coefficient (Wildman–Crippen LogP) is 2.51. The lowest BCUT2D eigenvalue weighted by Gasteiger charge is -2.40. The van der Waals surface area contributed by atoms with E-state index in [1.807, 2.05) is 24.3 Å². The maximum Gasteiger partial charge on any atom is 0.0867 e. The maximum atomic E-state index is 11.0. The number of hydrogen-bond donors (Lipinski definition) is 3. The van der Waals surface area contributed by atoms with Gasteiger partial charge in [-0.1, -0.05) is 37.6 Å². The van der Waals surface area contributed by atoms with Crippen molar-refractivity contribution in [1.82, 2.24) is 5.43 Å². The molecule has 0 aromatic heterocycles. The van der Waals surface area contributed by atoms with Gasteiger partial charge in [-0.3, -0.25) is 11.3 Å². The molecule has 19 heavy (non-hydrogen) atoms. The Balaban J connectivity index is 2.17. The smallest absolute Gasteiger partial charge is 0.0867 e. The standard InChI is InChI=1S/C15H23ClN2O/c1-14(2)8-7-12(15(14,19)10-18-17)9-11-3-5-13(16)6-4-11/h3-6,12,18-19H,7-10,17H2,1-2H3. The molecule has 2 rings (SSSR count). The van der Waals surface area contributed by atoms with Crippen LogP contribution in [-0.2, 0) is 6.42 Å². The Kier molecular flexibility index (Phi) is 4.21. The van der Waals surface area contributed by atoms with Crippen molar-refractivity contribution in [2.24, 2.45) is 17.2 Å². The molecule has 2 unspecified atom stereocenters. The number of nitrogens with one attached hydrogen (secondary N) is 1. The van der Waals surface area contributed by atoms with Crippen LogP contribution in [0.1, 0.15) is 32.3 Å². The molecular formula is C15H23ClN2O. The lowest BCUT2D eigenvalue weighted by Crippen LogP contribution is -2.54. The van der Waals surface area contributed by atoms with Gasteiger partial charge in [0.1, 0.15) is 0 Å².